The Bertz CT molecular complexity index is 671. The van der Waals surface area contributed by atoms with Crippen molar-refractivity contribution in [1.29, 1.82) is 0 Å². The second-order valence-electron chi connectivity index (χ2n) is 4.31. The minimum Gasteiger partial charge on any atom is -0.507 e. The van der Waals surface area contributed by atoms with Crippen LogP contribution >= 0.6 is 0 Å². The lowest BCUT2D eigenvalue weighted by atomic mass is 10.2. The molecule has 6 heteroatoms. The molecule has 1 aromatic carbocycles. The molecule has 0 saturated heterocycles. The third-order valence-corrected chi connectivity index (χ3v) is 2.81. The Balaban J connectivity index is 2.05. The smallest absolute Gasteiger partial charge is 0.374 e. The molecule has 2 aromatic rings. The van der Waals surface area contributed by atoms with Gasteiger partial charge >= 0.3 is 11.9 Å². The van der Waals surface area contributed by atoms with Crippen LogP contribution in [-0.4, -0.2) is 24.2 Å². The Labute approximate surface area is 120 Å². The van der Waals surface area contributed by atoms with E-state index in [1.165, 1.54) is 19.2 Å². The van der Waals surface area contributed by atoms with E-state index in [2.05, 4.69) is 4.74 Å². The van der Waals surface area contributed by atoms with E-state index in [1.54, 1.807) is 25.1 Å². The molecule has 1 N–H and O–H groups in total. The first-order chi connectivity index (χ1) is 10.0. The highest BCUT2D eigenvalue weighted by atomic mass is 16.6. The van der Waals surface area contributed by atoms with Gasteiger partial charge in [0.15, 0.2) is 0 Å². The maximum absolute atomic E-state index is 11.8. The van der Waals surface area contributed by atoms with Crippen LogP contribution in [0.1, 0.15) is 32.2 Å². The molecule has 0 amide bonds. The van der Waals surface area contributed by atoms with Gasteiger partial charge in [-0.25, -0.2) is 9.59 Å². The van der Waals surface area contributed by atoms with E-state index >= 15 is 0 Å². The summed E-state index contributed by atoms with van der Waals surface area (Å²) in [6.45, 7) is 1.54. The van der Waals surface area contributed by atoms with Crippen LogP contribution in [0.2, 0.25) is 0 Å². The van der Waals surface area contributed by atoms with Crippen molar-refractivity contribution >= 4 is 11.9 Å². The zero-order valence-electron chi connectivity index (χ0n) is 11.6. The molecule has 2 rings (SSSR count). The normalized spacial score (nSPS) is 10.2. The Morgan fingerprint density at radius 2 is 1.95 bits per heavy atom. The molecule has 110 valence electrons. The van der Waals surface area contributed by atoms with Gasteiger partial charge in [0.1, 0.15) is 23.7 Å². The van der Waals surface area contributed by atoms with E-state index in [0.29, 0.717) is 11.3 Å². The fraction of sp³-hybridized carbons (Fsp3) is 0.200. The highest BCUT2D eigenvalue weighted by molar-refractivity contribution is 5.92. The van der Waals surface area contributed by atoms with Gasteiger partial charge in [-0.2, -0.15) is 0 Å². The number of para-hydroxylation sites is 1. The van der Waals surface area contributed by atoms with Crippen molar-refractivity contribution in [2.45, 2.75) is 13.5 Å². The van der Waals surface area contributed by atoms with Crippen LogP contribution in [0.25, 0.3) is 0 Å². The number of aromatic hydroxyl groups is 1. The highest BCUT2D eigenvalue weighted by Gasteiger charge is 2.18. The summed E-state index contributed by atoms with van der Waals surface area (Å²) >= 11 is 0. The molecule has 6 nitrogen and oxygen atoms in total. The molecule has 0 unspecified atom stereocenters. The van der Waals surface area contributed by atoms with Crippen LogP contribution in [0.4, 0.5) is 0 Å². The molecule has 0 radical (unpaired) electrons. The minimum atomic E-state index is -0.679. The van der Waals surface area contributed by atoms with Crippen molar-refractivity contribution in [2.75, 3.05) is 7.11 Å². The first-order valence-electron chi connectivity index (χ1n) is 6.15. The van der Waals surface area contributed by atoms with Gasteiger partial charge in [0, 0.05) is 5.56 Å². The number of carbonyl (C=O) groups excluding carboxylic acids is 2. The van der Waals surface area contributed by atoms with Gasteiger partial charge < -0.3 is 19.0 Å². The van der Waals surface area contributed by atoms with Crippen molar-refractivity contribution in [2.24, 2.45) is 0 Å². The van der Waals surface area contributed by atoms with Gasteiger partial charge in [0.25, 0.3) is 0 Å². The maximum atomic E-state index is 11.8. The summed E-state index contributed by atoms with van der Waals surface area (Å²) in [5.74, 6) is -1.04. The SMILES string of the molecule is COC(=O)c1oc(COC(=O)c2ccccc2O)cc1C. The fourth-order valence-corrected chi connectivity index (χ4v) is 1.78. The minimum absolute atomic E-state index is 0.0639. The standard InChI is InChI=1S/C15H14O6/c1-9-7-10(21-13(9)15(18)19-2)8-20-14(17)11-5-3-4-6-12(11)16/h3-7,16H,8H2,1-2H3. The van der Waals surface area contributed by atoms with Gasteiger partial charge in [-0.15, -0.1) is 0 Å². The number of aryl methyl sites for hydroxylation is 1. The van der Waals surface area contributed by atoms with Crippen molar-refractivity contribution in [1.82, 2.24) is 0 Å². The molecule has 1 heterocycles. The number of hydrogen-bond donors (Lipinski definition) is 1. The quantitative estimate of drug-likeness (QED) is 0.870. The summed E-state index contributed by atoms with van der Waals surface area (Å²) in [6.07, 6.45) is 0. The van der Waals surface area contributed by atoms with Crippen LogP contribution in [-0.2, 0) is 16.1 Å². The second-order valence-corrected chi connectivity index (χ2v) is 4.31. The van der Waals surface area contributed by atoms with Crippen LogP contribution in [0, 0.1) is 6.92 Å². The third kappa shape index (κ3) is 3.22. The molecular weight excluding hydrogens is 276 g/mol. The largest absolute Gasteiger partial charge is 0.507 e. The van der Waals surface area contributed by atoms with E-state index in [4.69, 9.17) is 9.15 Å². The van der Waals surface area contributed by atoms with Crippen LogP contribution in [0.3, 0.4) is 0 Å². The summed E-state index contributed by atoms with van der Waals surface area (Å²) in [4.78, 5) is 23.2. The van der Waals surface area contributed by atoms with Gasteiger partial charge in [-0.3, -0.25) is 0 Å². The molecule has 0 bridgehead atoms. The lowest BCUT2D eigenvalue weighted by molar-refractivity contribution is 0.0435. The summed E-state index contributed by atoms with van der Waals surface area (Å²) in [5.41, 5.74) is 0.657. The highest BCUT2D eigenvalue weighted by Crippen LogP contribution is 2.19. The summed E-state index contributed by atoms with van der Waals surface area (Å²) in [7, 11) is 1.25. The van der Waals surface area contributed by atoms with Crippen molar-refractivity contribution in [3.8, 4) is 5.75 Å². The number of rotatable bonds is 4. The van der Waals surface area contributed by atoms with E-state index in [0.717, 1.165) is 0 Å². The molecule has 0 aliphatic heterocycles. The molecule has 0 aliphatic carbocycles. The number of benzene rings is 1. The number of hydrogen-bond acceptors (Lipinski definition) is 6. The zero-order chi connectivity index (χ0) is 15.4. The summed E-state index contributed by atoms with van der Waals surface area (Å²) < 4.78 is 14.9. The van der Waals surface area contributed by atoms with Crippen LogP contribution in [0.5, 0.6) is 5.75 Å². The van der Waals surface area contributed by atoms with Crippen molar-refractivity contribution < 1.29 is 28.6 Å². The molecule has 21 heavy (non-hydrogen) atoms. The number of esters is 2. The monoisotopic (exact) mass is 290 g/mol. The Morgan fingerprint density at radius 3 is 2.62 bits per heavy atom. The van der Waals surface area contributed by atoms with Crippen LogP contribution in [0.15, 0.2) is 34.7 Å². The lowest BCUT2D eigenvalue weighted by Crippen LogP contribution is -2.05. The van der Waals surface area contributed by atoms with Crippen molar-refractivity contribution in [3.63, 3.8) is 0 Å². The molecular formula is C15H14O6. The summed E-state index contributed by atoms with van der Waals surface area (Å²) in [6, 6.07) is 7.64. The average molecular weight is 290 g/mol. The number of methoxy groups -OCH3 is 1. The maximum Gasteiger partial charge on any atom is 0.374 e. The van der Waals surface area contributed by atoms with Crippen LogP contribution < -0.4 is 0 Å². The Kier molecular flexibility index (Phi) is 4.27. The molecule has 0 atom stereocenters. The van der Waals surface area contributed by atoms with Gasteiger partial charge in [0.05, 0.1) is 7.11 Å². The number of ether oxygens (including phenoxy) is 2. The molecule has 0 spiro atoms. The van der Waals surface area contributed by atoms with E-state index < -0.39 is 11.9 Å². The number of carbonyl (C=O) groups is 2. The van der Waals surface area contributed by atoms with Crippen molar-refractivity contribution in [3.05, 3.63) is 53.0 Å². The number of phenols is 1. The van der Waals surface area contributed by atoms with E-state index in [1.807, 2.05) is 0 Å². The summed E-state index contributed by atoms with van der Waals surface area (Å²) in [5, 5.41) is 9.55. The average Bonchev–Trinajstić information content (AvgIpc) is 2.85. The molecule has 1 aromatic heterocycles. The predicted octanol–water partition coefficient (Wildman–Crippen LogP) is 2.44. The second kappa shape index (κ2) is 6.13. The Morgan fingerprint density at radius 1 is 1.24 bits per heavy atom. The molecule has 0 fully saturated rings. The molecule has 0 saturated carbocycles. The lowest BCUT2D eigenvalue weighted by Gasteiger charge is -2.04. The van der Waals surface area contributed by atoms with E-state index in [-0.39, 0.29) is 23.7 Å². The number of phenolic OH excluding ortho intramolecular Hbond substituents is 1. The zero-order valence-corrected chi connectivity index (χ0v) is 11.6. The topological polar surface area (TPSA) is 86.0 Å². The number of furan rings is 1. The van der Waals surface area contributed by atoms with Gasteiger partial charge in [-0.1, -0.05) is 12.1 Å². The Hall–Kier alpha value is -2.76. The van der Waals surface area contributed by atoms with E-state index in [9.17, 15) is 14.7 Å². The predicted molar refractivity (Wildman–Crippen MR) is 72.0 cm³/mol. The third-order valence-electron chi connectivity index (χ3n) is 2.81. The van der Waals surface area contributed by atoms with Gasteiger partial charge in [0.2, 0.25) is 5.76 Å². The first-order valence-corrected chi connectivity index (χ1v) is 6.15. The first kappa shape index (κ1) is 14.6. The fourth-order valence-electron chi connectivity index (χ4n) is 1.78. The molecule has 0 aliphatic rings. The van der Waals surface area contributed by atoms with Gasteiger partial charge in [-0.05, 0) is 25.1 Å².